The molecule has 1 aliphatic heterocycles. The van der Waals surface area contributed by atoms with Gasteiger partial charge in [-0.2, -0.15) is 8.42 Å². The standard InChI is InChI=1S/C16H16N2O5S/c1-21-12-8-10(9-13(22-2)15(12)23-3)16-17-11-6-4-5-7-14(11)24(19,20)18-16/h4-9H,1-3H3,(H,17,18). The molecule has 7 nitrogen and oxygen atoms in total. The number of benzene rings is 2. The van der Waals surface area contributed by atoms with Crippen LogP contribution in [0.5, 0.6) is 17.2 Å². The minimum Gasteiger partial charge on any atom is -0.493 e. The molecule has 24 heavy (non-hydrogen) atoms. The van der Waals surface area contributed by atoms with Gasteiger partial charge in [0, 0.05) is 5.56 Å². The number of hydrogen-bond donors (Lipinski definition) is 1. The third-order valence-electron chi connectivity index (χ3n) is 3.57. The average molecular weight is 348 g/mol. The van der Waals surface area contributed by atoms with E-state index in [-0.39, 0.29) is 10.7 Å². The molecule has 0 fully saturated rings. The van der Waals surface area contributed by atoms with Crippen LogP contribution >= 0.6 is 0 Å². The van der Waals surface area contributed by atoms with Gasteiger partial charge in [0.05, 0.1) is 27.0 Å². The van der Waals surface area contributed by atoms with Gasteiger partial charge in [0.2, 0.25) is 5.75 Å². The van der Waals surface area contributed by atoms with Crippen molar-refractivity contribution >= 4 is 21.5 Å². The predicted molar refractivity (Wildman–Crippen MR) is 89.9 cm³/mol. The van der Waals surface area contributed by atoms with Crippen molar-refractivity contribution in [2.75, 3.05) is 26.6 Å². The highest BCUT2D eigenvalue weighted by molar-refractivity contribution is 7.90. The summed E-state index contributed by atoms with van der Waals surface area (Å²) < 4.78 is 44.5. The van der Waals surface area contributed by atoms with Gasteiger partial charge in [0.15, 0.2) is 17.3 Å². The number of nitrogens with zero attached hydrogens (tertiary/aromatic N) is 1. The third kappa shape index (κ3) is 2.65. The summed E-state index contributed by atoms with van der Waals surface area (Å²) in [6, 6.07) is 9.86. The fourth-order valence-corrected chi connectivity index (χ4v) is 3.59. The van der Waals surface area contributed by atoms with Crippen LogP contribution in [0.25, 0.3) is 0 Å². The van der Waals surface area contributed by atoms with Gasteiger partial charge < -0.3 is 19.5 Å². The maximum atomic E-state index is 12.4. The number of anilines is 1. The van der Waals surface area contributed by atoms with Gasteiger partial charge in [-0.3, -0.25) is 0 Å². The molecule has 0 unspecified atom stereocenters. The fraction of sp³-hybridized carbons (Fsp3) is 0.188. The highest BCUT2D eigenvalue weighted by atomic mass is 32.2. The van der Waals surface area contributed by atoms with Crippen LogP contribution in [-0.4, -0.2) is 35.6 Å². The smallest absolute Gasteiger partial charge is 0.286 e. The lowest BCUT2D eigenvalue weighted by Crippen LogP contribution is -2.22. The molecule has 1 heterocycles. The first-order valence-electron chi connectivity index (χ1n) is 7.01. The van der Waals surface area contributed by atoms with Crippen LogP contribution in [0.4, 0.5) is 5.69 Å². The zero-order chi connectivity index (χ0) is 17.3. The van der Waals surface area contributed by atoms with E-state index in [1.165, 1.54) is 27.4 Å². The number of rotatable bonds is 4. The summed E-state index contributed by atoms with van der Waals surface area (Å²) in [6.07, 6.45) is 0. The lowest BCUT2D eigenvalue weighted by molar-refractivity contribution is 0.324. The average Bonchev–Trinajstić information content (AvgIpc) is 2.59. The Hall–Kier alpha value is -2.74. The largest absolute Gasteiger partial charge is 0.493 e. The van der Waals surface area contributed by atoms with Crippen LogP contribution in [0, 0.1) is 0 Å². The number of sulfonamides is 1. The van der Waals surface area contributed by atoms with Crippen molar-refractivity contribution in [1.29, 1.82) is 0 Å². The summed E-state index contributed by atoms with van der Waals surface area (Å²) in [5.41, 5.74) is 0.971. The van der Waals surface area contributed by atoms with Crippen LogP contribution in [0.1, 0.15) is 5.56 Å². The number of amidine groups is 1. The van der Waals surface area contributed by atoms with Crippen LogP contribution < -0.4 is 19.5 Å². The van der Waals surface area contributed by atoms with Crippen molar-refractivity contribution in [2.45, 2.75) is 4.90 Å². The van der Waals surface area contributed by atoms with Crippen molar-refractivity contribution in [2.24, 2.45) is 4.40 Å². The van der Waals surface area contributed by atoms with Gasteiger partial charge >= 0.3 is 0 Å². The Labute approximate surface area is 139 Å². The van der Waals surface area contributed by atoms with Crippen LogP contribution in [-0.2, 0) is 10.0 Å². The molecular weight excluding hydrogens is 332 g/mol. The van der Waals surface area contributed by atoms with E-state index in [2.05, 4.69) is 9.71 Å². The first-order valence-corrected chi connectivity index (χ1v) is 8.45. The molecule has 0 saturated carbocycles. The molecule has 0 atom stereocenters. The Morgan fingerprint density at radius 1 is 0.958 bits per heavy atom. The number of para-hydroxylation sites is 1. The molecule has 8 heteroatoms. The molecule has 126 valence electrons. The molecule has 1 N–H and O–H groups in total. The molecule has 0 saturated heterocycles. The molecule has 0 bridgehead atoms. The number of ether oxygens (including phenoxy) is 3. The first kappa shape index (κ1) is 16.1. The quantitative estimate of drug-likeness (QED) is 0.912. The van der Waals surface area contributed by atoms with E-state index in [1.54, 1.807) is 30.3 Å². The summed E-state index contributed by atoms with van der Waals surface area (Å²) in [5.74, 6) is 1.43. The number of nitrogens with one attached hydrogen (secondary N) is 1. The van der Waals surface area contributed by atoms with Crippen molar-refractivity contribution in [3.05, 3.63) is 42.0 Å². The first-order chi connectivity index (χ1) is 11.5. The highest BCUT2D eigenvalue weighted by Crippen LogP contribution is 2.39. The molecule has 1 aliphatic rings. The normalized spacial score (nSPS) is 14.9. The number of methoxy groups -OCH3 is 3. The van der Waals surface area contributed by atoms with Gasteiger partial charge in [-0.15, -0.1) is 4.40 Å². The Kier molecular flexibility index (Phi) is 4.06. The summed E-state index contributed by atoms with van der Waals surface area (Å²) in [6.45, 7) is 0. The minimum absolute atomic E-state index is 0.140. The number of fused-ring (bicyclic) bond motifs is 1. The van der Waals surface area contributed by atoms with E-state index in [0.29, 0.717) is 28.5 Å². The Morgan fingerprint density at radius 2 is 1.58 bits per heavy atom. The van der Waals surface area contributed by atoms with Crippen molar-refractivity contribution in [3.63, 3.8) is 0 Å². The lowest BCUT2D eigenvalue weighted by atomic mass is 10.1. The van der Waals surface area contributed by atoms with E-state index in [1.807, 2.05) is 0 Å². The van der Waals surface area contributed by atoms with Crippen molar-refractivity contribution in [1.82, 2.24) is 0 Å². The molecular formula is C16H16N2O5S. The van der Waals surface area contributed by atoms with Gasteiger partial charge in [-0.05, 0) is 24.3 Å². The van der Waals surface area contributed by atoms with Gasteiger partial charge in [0.25, 0.3) is 10.0 Å². The highest BCUT2D eigenvalue weighted by Gasteiger charge is 2.26. The predicted octanol–water partition coefficient (Wildman–Crippen LogP) is 2.27. The van der Waals surface area contributed by atoms with E-state index in [0.717, 1.165) is 0 Å². The van der Waals surface area contributed by atoms with Gasteiger partial charge in [-0.1, -0.05) is 12.1 Å². The molecule has 0 aliphatic carbocycles. The second-order valence-corrected chi connectivity index (χ2v) is 6.52. The van der Waals surface area contributed by atoms with E-state index in [4.69, 9.17) is 14.2 Å². The Bertz CT molecular complexity index is 897. The molecule has 3 rings (SSSR count). The van der Waals surface area contributed by atoms with Gasteiger partial charge in [-0.25, -0.2) is 0 Å². The minimum atomic E-state index is -3.78. The molecule has 0 amide bonds. The molecule has 0 radical (unpaired) electrons. The van der Waals surface area contributed by atoms with E-state index < -0.39 is 10.0 Å². The van der Waals surface area contributed by atoms with Crippen LogP contribution in [0.2, 0.25) is 0 Å². The number of hydrogen-bond acceptors (Lipinski definition) is 6. The van der Waals surface area contributed by atoms with Crippen LogP contribution in [0.3, 0.4) is 0 Å². The van der Waals surface area contributed by atoms with E-state index >= 15 is 0 Å². The maximum Gasteiger partial charge on any atom is 0.286 e. The Balaban J connectivity index is 2.16. The van der Waals surface area contributed by atoms with E-state index in [9.17, 15) is 8.42 Å². The summed E-state index contributed by atoms with van der Waals surface area (Å²) in [7, 11) is 0.694. The van der Waals surface area contributed by atoms with Crippen molar-refractivity contribution < 1.29 is 22.6 Å². The fourth-order valence-electron chi connectivity index (χ4n) is 2.46. The van der Waals surface area contributed by atoms with Crippen LogP contribution in [0.15, 0.2) is 45.7 Å². The molecule has 0 spiro atoms. The van der Waals surface area contributed by atoms with Gasteiger partial charge in [0.1, 0.15) is 4.90 Å². The second kappa shape index (κ2) is 6.04. The van der Waals surface area contributed by atoms with Crippen molar-refractivity contribution in [3.8, 4) is 17.2 Å². The molecule has 0 aromatic heterocycles. The topological polar surface area (TPSA) is 86.2 Å². The summed E-state index contributed by atoms with van der Waals surface area (Å²) >= 11 is 0. The lowest BCUT2D eigenvalue weighted by Gasteiger charge is -2.20. The SMILES string of the molecule is COc1cc(C2=NS(=O)(=O)c3ccccc3N2)cc(OC)c1OC. The monoisotopic (exact) mass is 348 g/mol. The summed E-state index contributed by atoms with van der Waals surface area (Å²) in [5, 5.41) is 3.03. The third-order valence-corrected chi connectivity index (χ3v) is 4.90. The Morgan fingerprint density at radius 3 is 2.17 bits per heavy atom. The zero-order valence-corrected chi connectivity index (χ0v) is 14.2. The zero-order valence-electron chi connectivity index (χ0n) is 13.4. The summed E-state index contributed by atoms with van der Waals surface area (Å²) in [4.78, 5) is 0.140. The molecule has 2 aromatic carbocycles. The molecule has 2 aromatic rings. The second-order valence-electron chi connectivity index (χ2n) is 4.95. The maximum absolute atomic E-state index is 12.4.